The molecule has 3 rings (SSSR count). The molecule has 0 saturated heterocycles. The Morgan fingerprint density at radius 1 is 0.917 bits per heavy atom. The predicted octanol–water partition coefficient (Wildman–Crippen LogP) is 3.99. The molecule has 0 radical (unpaired) electrons. The predicted molar refractivity (Wildman–Crippen MR) is 101 cm³/mol. The molecule has 2 aromatic rings. The Morgan fingerprint density at radius 3 is 2.08 bits per heavy atom. The number of anilines is 1. The first-order valence-electron chi connectivity index (χ1n) is 8.02. The van der Waals surface area contributed by atoms with E-state index < -0.39 is 0 Å². The van der Waals surface area contributed by atoms with Gasteiger partial charge in [-0.25, -0.2) is 4.58 Å². The molecule has 3 nitrogen and oxygen atoms in total. The maximum absolute atomic E-state index is 5.70. The Kier molecular flexibility index (Phi) is 4.52. The molecule has 0 unspecified atom stereocenters. The van der Waals surface area contributed by atoms with Crippen LogP contribution in [-0.4, -0.2) is 38.5 Å². The third kappa shape index (κ3) is 3.25. The number of allylic oxidation sites excluding steroid dienone is 5. The summed E-state index contributed by atoms with van der Waals surface area (Å²) in [6, 6.07) is 12.5. The molecular weight excluding hydrogens is 296 g/mol. The van der Waals surface area contributed by atoms with Gasteiger partial charge in [0.15, 0.2) is 5.71 Å². The van der Waals surface area contributed by atoms with Crippen LogP contribution in [0.5, 0.6) is 0 Å². The SMILES string of the molecule is CN(C)c1ccc(C(=C2C=CC(=[N+](C)C)C=C2)c2ccco2)cc1. The van der Waals surface area contributed by atoms with Crippen LogP contribution in [0.2, 0.25) is 0 Å². The summed E-state index contributed by atoms with van der Waals surface area (Å²) in [5.41, 5.74) is 5.76. The number of benzene rings is 1. The number of furan rings is 1. The van der Waals surface area contributed by atoms with Crippen LogP contribution >= 0.6 is 0 Å². The van der Waals surface area contributed by atoms with Crippen LogP contribution in [0, 0.1) is 0 Å². The average Bonchev–Trinajstić information content (AvgIpc) is 3.10. The van der Waals surface area contributed by atoms with E-state index in [0.717, 1.165) is 22.5 Å². The molecule has 0 bridgehead atoms. The topological polar surface area (TPSA) is 19.4 Å². The molecule has 0 N–H and O–H groups in total. The highest BCUT2D eigenvalue weighted by molar-refractivity contribution is 6.03. The molecule has 1 heterocycles. The van der Waals surface area contributed by atoms with Gasteiger partial charge >= 0.3 is 0 Å². The van der Waals surface area contributed by atoms with E-state index in [-0.39, 0.29) is 0 Å². The van der Waals surface area contributed by atoms with E-state index in [9.17, 15) is 0 Å². The second-order valence-electron chi connectivity index (χ2n) is 6.23. The molecule has 24 heavy (non-hydrogen) atoms. The Bertz CT molecular complexity index is 810. The van der Waals surface area contributed by atoms with Crippen LogP contribution in [-0.2, 0) is 0 Å². The molecule has 1 aromatic heterocycles. The van der Waals surface area contributed by atoms with Crippen LogP contribution in [0.15, 0.2) is 77.0 Å². The van der Waals surface area contributed by atoms with E-state index >= 15 is 0 Å². The van der Waals surface area contributed by atoms with Crippen molar-refractivity contribution >= 4 is 17.0 Å². The zero-order chi connectivity index (χ0) is 17.1. The maximum atomic E-state index is 5.70. The minimum atomic E-state index is 0.880. The molecular formula is C21H23N2O+. The highest BCUT2D eigenvalue weighted by Gasteiger charge is 2.15. The normalized spacial score (nSPS) is 13.3. The van der Waals surface area contributed by atoms with Crippen molar-refractivity contribution in [2.75, 3.05) is 33.1 Å². The van der Waals surface area contributed by atoms with Gasteiger partial charge in [-0.2, -0.15) is 0 Å². The highest BCUT2D eigenvalue weighted by Crippen LogP contribution is 2.30. The van der Waals surface area contributed by atoms with Gasteiger partial charge in [-0.3, -0.25) is 0 Å². The van der Waals surface area contributed by atoms with E-state index in [1.807, 2.05) is 40.3 Å². The molecule has 122 valence electrons. The maximum Gasteiger partial charge on any atom is 0.199 e. The first-order valence-corrected chi connectivity index (χ1v) is 8.02. The van der Waals surface area contributed by atoms with E-state index in [1.165, 1.54) is 11.4 Å². The Balaban J connectivity index is 2.09. The number of nitrogens with zero attached hydrogens (tertiary/aromatic N) is 2. The molecule has 1 aliphatic rings. The van der Waals surface area contributed by atoms with Crippen LogP contribution in [0.4, 0.5) is 5.69 Å². The van der Waals surface area contributed by atoms with Crippen LogP contribution < -0.4 is 4.90 Å². The number of rotatable bonds is 3. The van der Waals surface area contributed by atoms with Crippen molar-refractivity contribution in [1.29, 1.82) is 0 Å². The molecule has 3 heteroatoms. The van der Waals surface area contributed by atoms with Crippen molar-refractivity contribution in [2.45, 2.75) is 0 Å². The van der Waals surface area contributed by atoms with Gasteiger partial charge in [-0.15, -0.1) is 0 Å². The Morgan fingerprint density at radius 2 is 1.58 bits per heavy atom. The lowest BCUT2D eigenvalue weighted by atomic mass is 9.94. The van der Waals surface area contributed by atoms with Crippen molar-refractivity contribution in [3.05, 3.63) is 83.9 Å². The summed E-state index contributed by atoms with van der Waals surface area (Å²) >= 11 is 0. The van der Waals surface area contributed by atoms with Crippen LogP contribution in [0.25, 0.3) is 5.57 Å². The van der Waals surface area contributed by atoms with Gasteiger partial charge in [0.1, 0.15) is 19.9 Å². The summed E-state index contributed by atoms with van der Waals surface area (Å²) < 4.78 is 7.80. The number of hydrogen-bond acceptors (Lipinski definition) is 2. The molecule has 0 spiro atoms. The van der Waals surface area contributed by atoms with Gasteiger partial charge in [0.2, 0.25) is 0 Å². The summed E-state index contributed by atoms with van der Waals surface area (Å²) in [6.45, 7) is 0. The standard InChI is InChI=1S/C21H23N2O/c1-22(2)18-11-7-16(8-12-18)21(20-6-5-15-24-20)17-9-13-19(14-10-17)23(3)4/h5-15H,1-4H3/q+1. The summed E-state index contributed by atoms with van der Waals surface area (Å²) in [6.07, 6.45) is 10.3. The van der Waals surface area contributed by atoms with Crippen LogP contribution in [0.3, 0.4) is 0 Å². The molecule has 0 fully saturated rings. The molecule has 1 aliphatic carbocycles. The van der Waals surface area contributed by atoms with Gasteiger partial charge in [0, 0.05) is 37.5 Å². The summed E-state index contributed by atoms with van der Waals surface area (Å²) in [5.74, 6) is 0.880. The third-order valence-corrected chi connectivity index (χ3v) is 4.11. The lowest BCUT2D eigenvalue weighted by molar-refractivity contribution is -0.462. The van der Waals surface area contributed by atoms with Crippen LogP contribution in [0.1, 0.15) is 11.3 Å². The zero-order valence-electron chi connectivity index (χ0n) is 14.7. The zero-order valence-corrected chi connectivity index (χ0v) is 14.7. The van der Waals surface area contributed by atoms with Gasteiger partial charge in [0.05, 0.1) is 6.26 Å². The Labute approximate surface area is 143 Å². The quantitative estimate of drug-likeness (QED) is 0.797. The smallest absolute Gasteiger partial charge is 0.199 e. The molecule has 0 saturated carbocycles. The first kappa shape index (κ1) is 16.1. The fourth-order valence-corrected chi connectivity index (χ4v) is 2.72. The monoisotopic (exact) mass is 319 g/mol. The van der Waals surface area contributed by atoms with Gasteiger partial charge < -0.3 is 9.32 Å². The van der Waals surface area contributed by atoms with Crippen molar-refractivity contribution in [3.63, 3.8) is 0 Å². The fourth-order valence-electron chi connectivity index (χ4n) is 2.72. The molecule has 1 aromatic carbocycles. The van der Waals surface area contributed by atoms with Crippen molar-refractivity contribution in [2.24, 2.45) is 0 Å². The van der Waals surface area contributed by atoms with E-state index in [2.05, 4.69) is 58.0 Å². The molecule has 0 amide bonds. The van der Waals surface area contributed by atoms with Gasteiger partial charge in [0.25, 0.3) is 0 Å². The number of hydrogen-bond donors (Lipinski definition) is 0. The lowest BCUT2D eigenvalue weighted by Crippen LogP contribution is -2.10. The lowest BCUT2D eigenvalue weighted by Gasteiger charge is -2.15. The van der Waals surface area contributed by atoms with Crippen molar-refractivity contribution < 1.29 is 8.99 Å². The van der Waals surface area contributed by atoms with Gasteiger partial charge in [-0.05, 0) is 47.6 Å². The van der Waals surface area contributed by atoms with Crippen molar-refractivity contribution in [1.82, 2.24) is 0 Å². The largest absolute Gasteiger partial charge is 0.464 e. The summed E-state index contributed by atoms with van der Waals surface area (Å²) in [4.78, 5) is 2.10. The molecule has 0 aliphatic heterocycles. The van der Waals surface area contributed by atoms with E-state index in [1.54, 1.807) is 6.26 Å². The minimum absolute atomic E-state index is 0.880. The van der Waals surface area contributed by atoms with Crippen molar-refractivity contribution in [3.8, 4) is 0 Å². The van der Waals surface area contributed by atoms with E-state index in [0.29, 0.717) is 0 Å². The minimum Gasteiger partial charge on any atom is -0.464 e. The second-order valence-corrected chi connectivity index (χ2v) is 6.23. The third-order valence-electron chi connectivity index (χ3n) is 4.11. The van der Waals surface area contributed by atoms with E-state index in [4.69, 9.17) is 4.42 Å². The molecule has 0 atom stereocenters. The summed E-state index contributed by atoms with van der Waals surface area (Å²) in [7, 11) is 8.19. The van der Waals surface area contributed by atoms with Gasteiger partial charge in [-0.1, -0.05) is 12.1 Å². The Hall–Kier alpha value is -2.81. The average molecular weight is 319 g/mol. The second kappa shape index (κ2) is 6.75. The summed E-state index contributed by atoms with van der Waals surface area (Å²) in [5, 5.41) is 0. The fraction of sp³-hybridized carbons (Fsp3) is 0.190. The highest BCUT2D eigenvalue weighted by atomic mass is 16.3. The first-order chi connectivity index (χ1) is 11.6.